The highest BCUT2D eigenvalue weighted by atomic mass is 35.5. The molecule has 27 heavy (non-hydrogen) atoms. The summed E-state index contributed by atoms with van der Waals surface area (Å²) in [7, 11) is 0. The largest absolute Gasteiger partial charge is 0.339 e. The molecule has 2 aromatic rings. The summed E-state index contributed by atoms with van der Waals surface area (Å²) in [5.41, 5.74) is 2.20. The Bertz CT molecular complexity index is 820. The molecule has 0 saturated carbocycles. The van der Waals surface area contributed by atoms with E-state index in [1.54, 1.807) is 42.5 Å². The summed E-state index contributed by atoms with van der Waals surface area (Å²) < 4.78 is 0. The van der Waals surface area contributed by atoms with Crippen LogP contribution in [-0.2, 0) is 4.79 Å². The van der Waals surface area contributed by atoms with E-state index in [1.807, 2.05) is 17.0 Å². The zero-order chi connectivity index (χ0) is 19.2. The van der Waals surface area contributed by atoms with Gasteiger partial charge in [0.05, 0.1) is 0 Å². The van der Waals surface area contributed by atoms with Crippen molar-refractivity contribution in [2.75, 3.05) is 18.4 Å². The van der Waals surface area contributed by atoms with E-state index in [0.717, 1.165) is 31.5 Å². The first-order chi connectivity index (χ1) is 13.0. The van der Waals surface area contributed by atoms with Gasteiger partial charge in [-0.05, 0) is 66.8 Å². The molecule has 1 N–H and O–H groups in total. The number of carbonyl (C=O) groups is 2. The van der Waals surface area contributed by atoms with E-state index in [1.165, 1.54) is 6.08 Å². The van der Waals surface area contributed by atoms with Crippen LogP contribution in [0.25, 0.3) is 6.08 Å². The standard InChI is InChI=1S/C22H23ClN2O2/c1-16-12-14-25(15-13-16)22(27)18-5-9-20(10-6-18)24-21(26)11-4-17-2-7-19(23)8-3-17/h2-11,16H,12-15H2,1H3,(H,24,26)/b11-4+. The van der Waals surface area contributed by atoms with Crippen molar-refractivity contribution in [2.45, 2.75) is 19.8 Å². The van der Waals surface area contributed by atoms with Gasteiger partial charge in [-0.1, -0.05) is 30.7 Å². The van der Waals surface area contributed by atoms with Crippen molar-refractivity contribution in [3.63, 3.8) is 0 Å². The van der Waals surface area contributed by atoms with Crippen LogP contribution in [0.15, 0.2) is 54.6 Å². The molecule has 1 aliphatic rings. The number of rotatable bonds is 4. The van der Waals surface area contributed by atoms with Crippen LogP contribution < -0.4 is 5.32 Å². The molecule has 2 aromatic carbocycles. The van der Waals surface area contributed by atoms with Crippen LogP contribution in [0.5, 0.6) is 0 Å². The molecule has 140 valence electrons. The lowest BCUT2D eigenvalue weighted by molar-refractivity contribution is -0.111. The van der Waals surface area contributed by atoms with Crippen molar-refractivity contribution in [3.05, 3.63) is 70.8 Å². The minimum atomic E-state index is -0.228. The smallest absolute Gasteiger partial charge is 0.253 e. The molecular weight excluding hydrogens is 360 g/mol. The van der Waals surface area contributed by atoms with E-state index in [2.05, 4.69) is 12.2 Å². The molecule has 0 aliphatic carbocycles. The monoisotopic (exact) mass is 382 g/mol. The van der Waals surface area contributed by atoms with Gasteiger partial charge in [0.2, 0.25) is 5.91 Å². The van der Waals surface area contributed by atoms with E-state index in [-0.39, 0.29) is 11.8 Å². The highest BCUT2D eigenvalue weighted by Crippen LogP contribution is 2.19. The first kappa shape index (κ1) is 19.2. The number of anilines is 1. The van der Waals surface area contributed by atoms with Gasteiger partial charge in [-0.15, -0.1) is 0 Å². The molecule has 1 fully saturated rings. The summed E-state index contributed by atoms with van der Waals surface area (Å²) in [5.74, 6) is 0.518. The molecule has 5 heteroatoms. The number of amides is 2. The summed E-state index contributed by atoms with van der Waals surface area (Å²) in [6, 6.07) is 14.3. The summed E-state index contributed by atoms with van der Waals surface area (Å²) in [6.45, 7) is 3.85. The molecule has 0 spiro atoms. The molecule has 1 aliphatic heterocycles. The third kappa shape index (κ3) is 5.44. The van der Waals surface area contributed by atoms with Crippen LogP contribution in [0.3, 0.4) is 0 Å². The van der Waals surface area contributed by atoms with Crippen molar-refractivity contribution >= 4 is 35.2 Å². The van der Waals surface area contributed by atoms with E-state index < -0.39 is 0 Å². The highest BCUT2D eigenvalue weighted by Gasteiger charge is 2.21. The van der Waals surface area contributed by atoms with Gasteiger partial charge in [0.25, 0.3) is 5.91 Å². The van der Waals surface area contributed by atoms with Crippen LogP contribution in [0.2, 0.25) is 5.02 Å². The number of piperidine rings is 1. The van der Waals surface area contributed by atoms with Crippen molar-refractivity contribution in [2.24, 2.45) is 5.92 Å². The summed E-state index contributed by atoms with van der Waals surface area (Å²) in [6.07, 6.45) is 5.30. The predicted octanol–water partition coefficient (Wildman–Crippen LogP) is 4.86. The Hall–Kier alpha value is -2.59. The molecule has 0 bridgehead atoms. The Balaban J connectivity index is 1.56. The zero-order valence-corrected chi connectivity index (χ0v) is 16.1. The number of hydrogen-bond acceptors (Lipinski definition) is 2. The maximum Gasteiger partial charge on any atom is 0.253 e. The highest BCUT2D eigenvalue weighted by molar-refractivity contribution is 6.30. The summed E-state index contributed by atoms with van der Waals surface area (Å²) in [4.78, 5) is 26.5. The zero-order valence-electron chi connectivity index (χ0n) is 15.3. The van der Waals surface area contributed by atoms with Gasteiger partial charge in [0.15, 0.2) is 0 Å². The van der Waals surface area contributed by atoms with Crippen LogP contribution in [-0.4, -0.2) is 29.8 Å². The normalized spacial score (nSPS) is 15.1. The molecular formula is C22H23ClN2O2. The molecule has 0 aromatic heterocycles. The fourth-order valence-electron chi connectivity index (χ4n) is 3.02. The molecule has 3 rings (SSSR count). The molecule has 0 unspecified atom stereocenters. The van der Waals surface area contributed by atoms with Crippen LogP contribution in [0, 0.1) is 5.92 Å². The second-order valence-corrected chi connectivity index (χ2v) is 7.36. The first-order valence-electron chi connectivity index (χ1n) is 9.15. The number of benzene rings is 2. The van der Waals surface area contributed by atoms with Crippen LogP contribution in [0.4, 0.5) is 5.69 Å². The topological polar surface area (TPSA) is 49.4 Å². The minimum absolute atomic E-state index is 0.0578. The van der Waals surface area contributed by atoms with Crippen molar-refractivity contribution in [3.8, 4) is 0 Å². The summed E-state index contributed by atoms with van der Waals surface area (Å²) >= 11 is 5.84. The fraction of sp³-hybridized carbons (Fsp3) is 0.273. The van der Waals surface area contributed by atoms with E-state index in [9.17, 15) is 9.59 Å². The van der Waals surface area contributed by atoms with Gasteiger partial charge in [-0.25, -0.2) is 0 Å². The predicted molar refractivity (Wildman–Crippen MR) is 110 cm³/mol. The second kappa shape index (κ2) is 8.87. The number of carbonyl (C=O) groups excluding carboxylic acids is 2. The second-order valence-electron chi connectivity index (χ2n) is 6.93. The number of nitrogens with zero attached hydrogens (tertiary/aromatic N) is 1. The Labute approximate surface area is 164 Å². The Morgan fingerprint density at radius 2 is 1.67 bits per heavy atom. The lowest BCUT2D eigenvalue weighted by atomic mass is 9.98. The lowest BCUT2D eigenvalue weighted by Crippen LogP contribution is -2.37. The number of hydrogen-bond donors (Lipinski definition) is 1. The van der Waals surface area contributed by atoms with Gasteiger partial charge < -0.3 is 10.2 Å². The lowest BCUT2D eigenvalue weighted by Gasteiger charge is -2.30. The molecule has 1 saturated heterocycles. The van der Waals surface area contributed by atoms with E-state index >= 15 is 0 Å². The van der Waals surface area contributed by atoms with Crippen LogP contribution >= 0.6 is 11.6 Å². The Morgan fingerprint density at radius 3 is 2.30 bits per heavy atom. The van der Waals surface area contributed by atoms with Gasteiger partial charge in [0, 0.05) is 35.4 Å². The number of nitrogens with one attached hydrogen (secondary N) is 1. The molecule has 2 amide bonds. The number of halogens is 1. The molecule has 0 radical (unpaired) electrons. The Morgan fingerprint density at radius 1 is 1.04 bits per heavy atom. The van der Waals surface area contributed by atoms with Crippen molar-refractivity contribution in [1.29, 1.82) is 0 Å². The third-order valence-corrected chi connectivity index (χ3v) is 5.02. The van der Waals surface area contributed by atoms with Crippen molar-refractivity contribution in [1.82, 2.24) is 4.90 Å². The third-order valence-electron chi connectivity index (χ3n) is 4.77. The first-order valence-corrected chi connectivity index (χ1v) is 9.53. The molecule has 0 atom stereocenters. The van der Waals surface area contributed by atoms with Crippen LogP contribution in [0.1, 0.15) is 35.7 Å². The van der Waals surface area contributed by atoms with E-state index in [4.69, 9.17) is 11.6 Å². The average molecular weight is 383 g/mol. The quantitative estimate of drug-likeness (QED) is 0.767. The SMILES string of the molecule is CC1CCN(C(=O)c2ccc(NC(=O)/C=C/c3ccc(Cl)cc3)cc2)CC1. The Kier molecular flexibility index (Phi) is 6.30. The maximum absolute atomic E-state index is 12.5. The molecule has 4 nitrogen and oxygen atoms in total. The summed E-state index contributed by atoms with van der Waals surface area (Å²) in [5, 5.41) is 3.46. The minimum Gasteiger partial charge on any atom is -0.339 e. The van der Waals surface area contributed by atoms with Gasteiger partial charge in [-0.2, -0.15) is 0 Å². The maximum atomic E-state index is 12.5. The van der Waals surface area contributed by atoms with Gasteiger partial charge in [0.1, 0.15) is 0 Å². The van der Waals surface area contributed by atoms with Gasteiger partial charge >= 0.3 is 0 Å². The van der Waals surface area contributed by atoms with Gasteiger partial charge in [-0.3, -0.25) is 9.59 Å². The fourth-order valence-corrected chi connectivity index (χ4v) is 3.15. The number of likely N-dealkylation sites (tertiary alicyclic amines) is 1. The molecule has 1 heterocycles. The van der Waals surface area contributed by atoms with Crippen molar-refractivity contribution < 1.29 is 9.59 Å². The van der Waals surface area contributed by atoms with E-state index in [0.29, 0.717) is 22.2 Å². The average Bonchev–Trinajstić information content (AvgIpc) is 2.68.